The number of aromatic nitrogens is 2. The summed E-state index contributed by atoms with van der Waals surface area (Å²) in [4.78, 5) is 8.90. The van der Waals surface area contributed by atoms with Crippen LogP contribution >= 0.6 is 11.8 Å². The number of hydrogen-bond acceptors (Lipinski definition) is 4. The van der Waals surface area contributed by atoms with Crippen LogP contribution in [-0.4, -0.2) is 16.2 Å². The maximum atomic E-state index is 5.75. The number of nitrogens with one attached hydrogen (secondary N) is 2. The monoisotopic (exact) mass is 270 g/mol. The highest BCUT2D eigenvalue weighted by Crippen LogP contribution is 2.23. The van der Waals surface area contributed by atoms with E-state index in [1.807, 2.05) is 30.3 Å². The second-order valence-electron chi connectivity index (χ2n) is 4.22. The van der Waals surface area contributed by atoms with Crippen LogP contribution in [0.15, 0.2) is 47.4 Å². The molecule has 0 aliphatic carbocycles. The number of nitrogens with zero attached hydrogens (tertiary/aromatic N) is 1. The van der Waals surface area contributed by atoms with Crippen molar-refractivity contribution in [1.82, 2.24) is 9.97 Å². The molecule has 19 heavy (non-hydrogen) atoms. The van der Waals surface area contributed by atoms with Gasteiger partial charge in [0.2, 0.25) is 5.95 Å². The topological polar surface area (TPSA) is 66.7 Å². The summed E-state index contributed by atoms with van der Waals surface area (Å²) < 4.78 is 0. The highest BCUT2D eigenvalue weighted by atomic mass is 32.2. The van der Waals surface area contributed by atoms with Gasteiger partial charge in [-0.15, -0.1) is 11.8 Å². The first-order chi connectivity index (χ1) is 9.24. The Hall–Kier alpha value is -2.14. The molecule has 2 aromatic carbocycles. The van der Waals surface area contributed by atoms with Crippen LogP contribution in [-0.2, 0) is 0 Å². The van der Waals surface area contributed by atoms with Gasteiger partial charge in [-0.05, 0) is 42.7 Å². The number of fused-ring (bicyclic) bond motifs is 1. The molecule has 0 unspecified atom stereocenters. The van der Waals surface area contributed by atoms with E-state index in [4.69, 9.17) is 5.73 Å². The van der Waals surface area contributed by atoms with Crippen molar-refractivity contribution in [2.45, 2.75) is 4.90 Å². The molecule has 3 aromatic rings. The average molecular weight is 270 g/mol. The highest BCUT2D eigenvalue weighted by molar-refractivity contribution is 7.98. The molecule has 0 atom stereocenters. The molecule has 4 nitrogen and oxygen atoms in total. The molecular weight excluding hydrogens is 256 g/mol. The van der Waals surface area contributed by atoms with Crippen molar-refractivity contribution in [2.24, 2.45) is 0 Å². The molecule has 5 heteroatoms. The van der Waals surface area contributed by atoms with Gasteiger partial charge >= 0.3 is 0 Å². The van der Waals surface area contributed by atoms with Crippen LogP contribution in [0.25, 0.3) is 11.0 Å². The quantitative estimate of drug-likeness (QED) is 0.502. The Morgan fingerprint density at radius 3 is 2.95 bits per heavy atom. The normalized spacial score (nSPS) is 10.8. The zero-order valence-electron chi connectivity index (χ0n) is 10.5. The minimum Gasteiger partial charge on any atom is -0.399 e. The Morgan fingerprint density at radius 1 is 1.21 bits per heavy atom. The van der Waals surface area contributed by atoms with Gasteiger partial charge in [-0.3, -0.25) is 0 Å². The number of nitrogens with two attached hydrogens (primary N) is 1. The van der Waals surface area contributed by atoms with E-state index in [0.29, 0.717) is 0 Å². The molecule has 0 spiro atoms. The zero-order chi connectivity index (χ0) is 13.2. The second kappa shape index (κ2) is 4.85. The zero-order valence-corrected chi connectivity index (χ0v) is 11.3. The van der Waals surface area contributed by atoms with Crippen molar-refractivity contribution in [2.75, 3.05) is 17.3 Å². The summed E-state index contributed by atoms with van der Waals surface area (Å²) in [5.74, 6) is 0.721. The first-order valence-corrected chi connectivity index (χ1v) is 7.13. The van der Waals surface area contributed by atoms with Crippen molar-refractivity contribution in [3.63, 3.8) is 0 Å². The number of imidazole rings is 1. The predicted molar refractivity (Wildman–Crippen MR) is 82.0 cm³/mol. The third-order valence-electron chi connectivity index (χ3n) is 2.84. The molecule has 0 radical (unpaired) electrons. The molecule has 0 saturated carbocycles. The number of thioether (sulfide) groups is 1. The number of benzene rings is 2. The van der Waals surface area contributed by atoms with E-state index < -0.39 is 0 Å². The van der Waals surface area contributed by atoms with Gasteiger partial charge < -0.3 is 16.0 Å². The Balaban J connectivity index is 1.92. The predicted octanol–water partition coefficient (Wildman–Crippen LogP) is 3.61. The fourth-order valence-corrected chi connectivity index (χ4v) is 2.38. The van der Waals surface area contributed by atoms with E-state index in [2.05, 4.69) is 33.7 Å². The van der Waals surface area contributed by atoms with Crippen molar-refractivity contribution < 1.29 is 0 Å². The van der Waals surface area contributed by atoms with E-state index in [0.717, 1.165) is 28.4 Å². The molecular formula is C14H14N4S. The molecule has 0 amide bonds. The third kappa shape index (κ3) is 2.51. The van der Waals surface area contributed by atoms with Crippen molar-refractivity contribution >= 4 is 40.1 Å². The number of nitrogen functional groups attached to an aromatic ring is 1. The number of H-pyrrole nitrogens is 1. The molecule has 0 bridgehead atoms. The standard InChI is InChI=1S/C14H14N4S/c1-19-11-4-2-3-10(8-11)16-14-17-12-6-5-9(15)7-13(12)18-14/h2-8H,15H2,1H3,(H2,16,17,18). The summed E-state index contributed by atoms with van der Waals surface area (Å²) in [6.07, 6.45) is 2.06. The third-order valence-corrected chi connectivity index (χ3v) is 3.56. The number of anilines is 3. The number of hydrogen-bond donors (Lipinski definition) is 3. The highest BCUT2D eigenvalue weighted by Gasteiger charge is 2.03. The summed E-state index contributed by atoms with van der Waals surface area (Å²) in [5.41, 5.74) is 9.33. The van der Waals surface area contributed by atoms with Crippen LogP contribution in [0.5, 0.6) is 0 Å². The van der Waals surface area contributed by atoms with Crippen LogP contribution in [0.2, 0.25) is 0 Å². The van der Waals surface area contributed by atoms with E-state index in [-0.39, 0.29) is 0 Å². The first-order valence-electron chi connectivity index (χ1n) is 5.91. The molecule has 0 fully saturated rings. The summed E-state index contributed by atoms with van der Waals surface area (Å²) in [6, 6.07) is 13.8. The van der Waals surface area contributed by atoms with Gasteiger partial charge in [0.15, 0.2) is 0 Å². The molecule has 0 aliphatic heterocycles. The largest absolute Gasteiger partial charge is 0.399 e. The van der Waals surface area contributed by atoms with Crippen molar-refractivity contribution in [3.8, 4) is 0 Å². The summed E-state index contributed by atoms with van der Waals surface area (Å²) >= 11 is 1.71. The van der Waals surface area contributed by atoms with Crippen molar-refractivity contribution in [1.29, 1.82) is 0 Å². The smallest absolute Gasteiger partial charge is 0.205 e. The lowest BCUT2D eigenvalue weighted by atomic mass is 10.3. The molecule has 1 aromatic heterocycles. The molecule has 0 saturated heterocycles. The lowest BCUT2D eigenvalue weighted by Crippen LogP contribution is -1.91. The second-order valence-corrected chi connectivity index (χ2v) is 5.10. The SMILES string of the molecule is CSc1cccc(Nc2nc3ccc(N)cc3[nH]2)c1. The van der Waals surface area contributed by atoms with Crippen molar-refractivity contribution in [3.05, 3.63) is 42.5 Å². The van der Waals surface area contributed by atoms with Gasteiger partial charge in [-0.2, -0.15) is 0 Å². The Morgan fingerprint density at radius 2 is 2.11 bits per heavy atom. The van der Waals surface area contributed by atoms with Crippen LogP contribution in [0, 0.1) is 0 Å². The van der Waals surface area contributed by atoms with Gasteiger partial charge in [-0.25, -0.2) is 4.98 Å². The number of rotatable bonds is 3. The lowest BCUT2D eigenvalue weighted by molar-refractivity contribution is 1.30. The van der Waals surface area contributed by atoms with E-state index in [1.165, 1.54) is 4.90 Å². The van der Waals surface area contributed by atoms with E-state index >= 15 is 0 Å². The van der Waals surface area contributed by atoms with Crippen LogP contribution in [0.3, 0.4) is 0 Å². The maximum absolute atomic E-state index is 5.75. The Bertz CT molecular complexity index is 720. The Kier molecular flexibility index (Phi) is 3.05. The summed E-state index contributed by atoms with van der Waals surface area (Å²) in [5, 5.41) is 3.27. The minimum absolute atomic E-state index is 0.721. The van der Waals surface area contributed by atoms with E-state index in [1.54, 1.807) is 11.8 Å². The first kappa shape index (κ1) is 11.9. The van der Waals surface area contributed by atoms with E-state index in [9.17, 15) is 0 Å². The molecule has 96 valence electrons. The van der Waals surface area contributed by atoms with Crippen LogP contribution < -0.4 is 11.1 Å². The molecule has 1 heterocycles. The maximum Gasteiger partial charge on any atom is 0.205 e. The van der Waals surface area contributed by atoms with Crippen LogP contribution in [0.1, 0.15) is 0 Å². The lowest BCUT2D eigenvalue weighted by Gasteiger charge is -2.03. The average Bonchev–Trinajstić information content (AvgIpc) is 2.80. The number of aromatic amines is 1. The fourth-order valence-electron chi connectivity index (χ4n) is 1.92. The molecule has 3 rings (SSSR count). The molecule has 0 aliphatic rings. The van der Waals surface area contributed by atoms with Gasteiger partial charge in [0.1, 0.15) is 0 Å². The van der Waals surface area contributed by atoms with Gasteiger partial charge in [-0.1, -0.05) is 6.07 Å². The summed E-state index contributed by atoms with van der Waals surface area (Å²) in [6.45, 7) is 0. The van der Waals surface area contributed by atoms with Gasteiger partial charge in [0, 0.05) is 16.3 Å². The molecule has 4 N–H and O–H groups in total. The summed E-state index contributed by atoms with van der Waals surface area (Å²) in [7, 11) is 0. The fraction of sp³-hybridized carbons (Fsp3) is 0.0714. The van der Waals surface area contributed by atoms with Gasteiger partial charge in [0.05, 0.1) is 11.0 Å². The minimum atomic E-state index is 0.721. The van der Waals surface area contributed by atoms with Crippen LogP contribution in [0.4, 0.5) is 17.3 Å². The van der Waals surface area contributed by atoms with Gasteiger partial charge in [0.25, 0.3) is 0 Å². The Labute approximate surface area is 115 Å².